The van der Waals surface area contributed by atoms with E-state index in [0.29, 0.717) is 5.92 Å². The molecule has 0 amide bonds. The zero-order valence-electron chi connectivity index (χ0n) is 31.6. The average Bonchev–Trinajstić information content (AvgIpc) is 3.37. The Balaban J connectivity index is 2.56. The highest BCUT2D eigenvalue weighted by atomic mass is 14.4. The minimum atomic E-state index is 0.601. The second-order valence-electron chi connectivity index (χ2n) is 14.6. The molecule has 1 aliphatic rings. The lowest BCUT2D eigenvalue weighted by Gasteiger charge is -2.27. The maximum absolute atomic E-state index is 2.82. The Morgan fingerprint density at radius 1 is 0.378 bits per heavy atom. The van der Waals surface area contributed by atoms with Crippen molar-refractivity contribution >= 4 is 0 Å². The first kappa shape index (κ1) is 37.9. The van der Waals surface area contributed by atoms with Gasteiger partial charge in [0, 0.05) is 5.92 Å². The van der Waals surface area contributed by atoms with Crippen LogP contribution in [0.1, 0.15) is 221 Å². The van der Waals surface area contributed by atoms with Gasteiger partial charge in [0.05, 0.1) is 0 Å². The fourth-order valence-corrected chi connectivity index (χ4v) is 8.42. The number of benzene rings is 2. The lowest BCUT2D eigenvalue weighted by atomic mass is 9.77. The molecule has 0 bridgehead atoms. The predicted octanol–water partition coefficient (Wildman–Crippen LogP) is 14.4. The monoisotopic (exact) mass is 615 g/mol. The van der Waals surface area contributed by atoms with Crippen LogP contribution in [0.3, 0.4) is 0 Å². The van der Waals surface area contributed by atoms with E-state index in [-0.39, 0.29) is 0 Å². The largest absolute Gasteiger partial charge is 0.0654 e. The standard InChI is InChI=1S/C45H74/c1-9-17-25-34-33-42-41(32-24-16-8)43-39(30-22-14-6)36(27-19-11-3)37(28-20-12-4)40(31-23-15-7)45(43)44(42)38(29-21-13-5)35(34)26-18-10-2/h33,41H,9-32H2,1-8H3. The Hall–Kier alpha value is -1.56. The van der Waals surface area contributed by atoms with Crippen LogP contribution in [0.2, 0.25) is 0 Å². The van der Waals surface area contributed by atoms with Crippen LogP contribution in [0.4, 0.5) is 0 Å². The van der Waals surface area contributed by atoms with Gasteiger partial charge in [0.25, 0.3) is 0 Å². The van der Waals surface area contributed by atoms with Crippen LogP contribution >= 0.6 is 0 Å². The lowest BCUT2D eigenvalue weighted by molar-refractivity contribution is 0.644. The van der Waals surface area contributed by atoms with Crippen LogP contribution in [0.15, 0.2) is 6.07 Å². The predicted molar refractivity (Wildman–Crippen MR) is 204 cm³/mol. The zero-order valence-corrected chi connectivity index (χ0v) is 31.6. The molecule has 0 fully saturated rings. The molecule has 2 aromatic carbocycles. The first-order valence-corrected chi connectivity index (χ1v) is 20.4. The molecule has 45 heavy (non-hydrogen) atoms. The third kappa shape index (κ3) is 9.29. The van der Waals surface area contributed by atoms with E-state index < -0.39 is 0 Å². The molecular formula is C45H74. The molecule has 2 aromatic rings. The van der Waals surface area contributed by atoms with Gasteiger partial charge in [0.2, 0.25) is 0 Å². The third-order valence-corrected chi connectivity index (χ3v) is 11.0. The maximum Gasteiger partial charge on any atom is 0.0105 e. The normalized spacial score (nSPS) is 13.9. The van der Waals surface area contributed by atoms with Gasteiger partial charge < -0.3 is 0 Å². The van der Waals surface area contributed by atoms with Crippen molar-refractivity contribution in [3.8, 4) is 11.1 Å². The molecular weight excluding hydrogens is 540 g/mol. The molecule has 0 saturated carbocycles. The molecule has 3 rings (SSSR count). The topological polar surface area (TPSA) is 0 Å². The molecule has 0 heterocycles. The highest BCUT2D eigenvalue weighted by molar-refractivity contribution is 5.88. The minimum absolute atomic E-state index is 0.601. The van der Waals surface area contributed by atoms with Gasteiger partial charge in [-0.25, -0.2) is 0 Å². The van der Waals surface area contributed by atoms with Crippen LogP contribution in [0.5, 0.6) is 0 Å². The van der Waals surface area contributed by atoms with E-state index >= 15 is 0 Å². The fourth-order valence-electron chi connectivity index (χ4n) is 8.42. The van der Waals surface area contributed by atoms with Crippen LogP contribution in [0, 0.1) is 0 Å². The van der Waals surface area contributed by atoms with E-state index in [1.165, 1.54) is 154 Å². The van der Waals surface area contributed by atoms with Crippen LogP contribution < -0.4 is 0 Å². The molecule has 0 aromatic heterocycles. The Morgan fingerprint density at radius 2 is 0.756 bits per heavy atom. The number of aryl methyl sites for hydroxylation is 1. The summed E-state index contributed by atoms with van der Waals surface area (Å²) in [5.74, 6) is 0.601. The van der Waals surface area contributed by atoms with Gasteiger partial charge in [-0.1, -0.05) is 119 Å². The lowest BCUT2D eigenvalue weighted by Crippen LogP contribution is -2.13. The van der Waals surface area contributed by atoms with Crippen LogP contribution in [-0.2, 0) is 44.9 Å². The zero-order chi connectivity index (χ0) is 32.6. The van der Waals surface area contributed by atoms with E-state index in [1.807, 2.05) is 27.8 Å². The van der Waals surface area contributed by atoms with Gasteiger partial charge in [-0.05, 0) is 158 Å². The first-order chi connectivity index (χ1) is 22.1. The van der Waals surface area contributed by atoms with Crippen molar-refractivity contribution in [2.45, 2.75) is 215 Å². The van der Waals surface area contributed by atoms with E-state index in [0.717, 1.165) is 0 Å². The van der Waals surface area contributed by atoms with E-state index in [1.54, 1.807) is 33.4 Å². The van der Waals surface area contributed by atoms with Gasteiger partial charge in [-0.2, -0.15) is 0 Å². The van der Waals surface area contributed by atoms with Crippen molar-refractivity contribution in [1.82, 2.24) is 0 Å². The summed E-state index contributed by atoms with van der Waals surface area (Å²) in [5, 5.41) is 0. The van der Waals surface area contributed by atoms with Crippen molar-refractivity contribution in [3.05, 3.63) is 56.1 Å². The summed E-state index contributed by atoms with van der Waals surface area (Å²) < 4.78 is 0. The third-order valence-electron chi connectivity index (χ3n) is 11.0. The molecule has 1 atom stereocenters. The molecule has 1 aliphatic carbocycles. The molecule has 0 heteroatoms. The van der Waals surface area contributed by atoms with Gasteiger partial charge in [-0.15, -0.1) is 0 Å². The van der Waals surface area contributed by atoms with Crippen molar-refractivity contribution in [3.63, 3.8) is 0 Å². The number of hydrogen-bond acceptors (Lipinski definition) is 0. The summed E-state index contributed by atoms with van der Waals surface area (Å²) in [6, 6.07) is 2.82. The molecule has 0 saturated heterocycles. The van der Waals surface area contributed by atoms with E-state index in [2.05, 4.69) is 61.5 Å². The summed E-state index contributed by atoms with van der Waals surface area (Å²) >= 11 is 0. The van der Waals surface area contributed by atoms with Crippen LogP contribution in [-0.4, -0.2) is 0 Å². The van der Waals surface area contributed by atoms with Crippen molar-refractivity contribution < 1.29 is 0 Å². The molecule has 1 unspecified atom stereocenters. The molecule has 0 N–H and O–H groups in total. The molecule has 0 aliphatic heterocycles. The van der Waals surface area contributed by atoms with Gasteiger partial charge in [-0.3, -0.25) is 0 Å². The minimum Gasteiger partial charge on any atom is -0.0654 e. The summed E-state index contributed by atoms with van der Waals surface area (Å²) in [5.41, 5.74) is 19.8. The Bertz CT molecular complexity index is 1150. The highest BCUT2D eigenvalue weighted by Crippen LogP contribution is 2.55. The SMILES string of the molecule is CCCCc1cc2c(c(CCCC)c1CCCC)-c1c(CCCC)c(CCCC)c(CCCC)c(CCCC)c1C2CCCC. The fraction of sp³-hybridized carbons (Fsp3) is 0.733. The average molecular weight is 615 g/mol. The Kier molecular flexibility index (Phi) is 17.4. The van der Waals surface area contributed by atoms with Crippen molar-refractivity contribution in [2.75, 3.05) is 0 Å². The second kappa shape index (κ2) is 20.6. The van der Waals surface area contributed by atoms with Crippen molar-refractivity contribution in [1.29, 1.82) is 0 Å². The van der Waals surface area contributed by atoms with Crippen molar-refractivity contribution in [2.24, 2.45) is 0 Å². The number of fused-ring (bicyclic) bond motifs is 3. The molecule has 0 nitrogen and oxygen atoms in total. The first-order valence-electron chi connectivity index (χ1n) is 20.4. The molecule has 0 spiro atoms. The summed E-state index contributed by atoms with van der Waals surface area (Å²) in [6.45, 7) is 19.2. The molecule has 254 valence electrons. The summed E-state index contributed by atoms with van der Waals surface area (Å²) in [7, 11) is 0. The maximum atomic E-state index is 2.82. The quantitative estimate of drug-likeness (QED) is 0.110. The smallest absolute Gasteiger partial charge is 0.0105 e. The van der Waals surface area contributed by atoms with Gasteiger partial charge in [0.15, 0.2) is 0 Å². The Labute approximate surface area is 282 Å². The number of hydrogen-bond donors (Lipinski definition) is 0. The van der Waals surface area contributed by atoms with Gasteiger partial charge >= 0.3 is 0 Å². The number of rotatable bonds is 24. The number of unbranched alkanes of at least 4 members (excludes halogenated alkanes) is 8. The van der Waals surface area contributed by atoms with E-state index in [4.69, 9.17) is 0 Å². The van der Waals surface area contributed by atoms with Crippen LogP contribution in [0.25, 0.3) is 11.1 Å². The second-order valence-corrected chi connectivity index (χ2v) is 14.6. The molecule has 0 radical (unpaired) electrons. The Morgan fingerprint density at radius 3 is 1.24 bits per heavy atom. The van der Waals surface area contributed by atoms with Gasteiger partial charge in [0.1, 0.15) is 0 Å². The highest BCUT2D eigenvalue weighted by Gasteiger charge is 2.38. The summed E-state index contributed by atoms with van der Waals surface area (Å²) in [4.78, 5) is 0. The van der Waals surface area contributed by atoms with E-state index in [9.17, 15) is 0 Å². The summed E-state index contributed by atoms with van der Waals surface area (Å²) in [6.07, 6.45) is 31.3.